The van der Waals surface area contributed by atoms with Gasteiger partial charge in [-0.05, 0) is 36.6 Å². The second kappa shape index (κ2) is 8.39. The van der Waals surface area contributed by atoms with E-state index in [1.54, 1.807) is 0 Å². The van der Waals surface area contributed by atoms with Crippen LogP contribution in [0.2, 0.25) is 5.02 Å². The van der Waals surface area contributed by atoms with E-state index in [1.165, 1.54) is 23.8 Å². The number of carbonyl (C=O) groups excluding carboxylic acids is 1. The molecule has 2 rings (SSSR count). The molecule has 0 saturated heterocycles. The third-order valence-corrected chi connectivity index (χ3v) is 3.50. The second-order valence-electron chi connectivity index (χ2n) is 4.92. The van der Waals surface area contributed by atoms with E-state index in [4.69, 9.17) is 11.6 Å². The normalized spacial score (nSPS) is 10.3. The average Bonchev–Trinajstić information content (AvgIpc) is 2.53. The number of hydrogen-bond acceptors (Lipinski definition) is 2. The summed E-state index contributed by atoms with van der Waals surface area (Å²) in [5.41, 5.74) is 1.67. The molecule has 0 aromatic heterocycles. The zero-order valence-corrected chi connectivity index (χ0v) is 12.9. The van der Waals surface area contributed by atoms with Crippen molar-refractivity contribution in [3.8, 4) is 0 Å². The van der Waals surface area contributed by atoms with Crippen LogP contribution in [0.3, 0.4) is 0 Å². The van der Waals surface area contributed by atoms with Crippen molar-refractivity contribution >= 4 is 23.2 Å². The fourth-order valence-corrected chi connectivity index (χ4v) is 2.22. The van der Waals surface area contributed by atoms with Gasteiger partial charge in [-0.3, -0.25) is 4.79 Å². The molecule has 0 heterocycles. The minimum atomic E-state index is -0.393. The summed E-state index contributed by atoms with van der Waals surface area (Å²) in [7, 11) is 0. The lowest BCUT2D eigenvalue weighted by Gasteiger charge is -2.09. The van der Waals surface area contributed by atoms with Crippen molar-refractivity contribution in [1.29, 1.82) is 0 Å². The summed E-state index contributed by atoms with van der Waals surface area (Å²) in [4.78, 5) is 11.7. The topological polar surface area (TPSA) is 41.1 Å². The fourth-order valence-electron chi connectivity index (χ4n) is 2.04. The Labute approximate surface area is 134 Å². The first-order valence-electron chi connectivity index (χ1n) is 7.15. The zero-order chi connectivity index (χ0) is 15.8. The van der Waals surface area contributed by atoms with Crippen LogP contribution in [0.5, 0.6) is 0 Å². The summed E-state index contributed by atoms with van der Waals surface area (Å²) in [5, 5.41) is 6.03. The Bertz CT molecular complexity index is 619. The van der Waals surface area contributed by atoms with E-state index in [0.717, 1.165) is 12.8 Å². The van der Waals surface area contributed by atoms with E-state index in [9.17, 15) is 9.18 Å². The van der Waals surface area contributed by atoms with Gasteiger partial charge in [0.2, 0.25) is 5.91 Å². The third kappa shape index (κ3) is 5.37. The highest BCUT2D eigenvalue weighted by atomic mass is 35.5. The highest BCUT2D eigenvalue weighted by Gasteiger charge is 2.05. The standard InChI is InChI=1S/C17H18ClFN2O/c18-15-9-8-14(19)11-16(15)21-12-17(22)20-10-4-7-13-5-2-1-3-6-13/h1-3,5-6,8-9,11,21H,4,7,10,12H2,(H,20,22). The number of hydrogen-bond donors (Lipinski definition) is 2. The molecular formula is C17H18ClFN2O. The maximum atomic E-state index is 13.1. The summed E-state index contributed by atoms with van der Waals surface area (Å²) in [5.74, 6) is -0.538. The summed E-state index contributed by atoms with van der Waals surface area (Å²) in [6.45, 7) is 0.667. The van der Waals surface area contributed by atoms with Crippen molar-refractivity contribution in [3.63, 3.8) is 0 Å². The van der Waals surface area contributed by atoms with Gasteiger partial charge in [0.15, 0.2) is 0 Å². The Kier molecular flexibility index (Phi) is 6.22. The third-order valence-electron chi connectivity index (χ3n) is 3.18. The Morgan fingerprint density at radius 1 is 1.14 bits per heavy atom. The minimum absolute atomic E-state index is 0.0640. The van der Waals surface area contributed by atoms with Crippen LogP contribution >= 0.6 is 11.6 Å². The van der Waals surface area contributed by atoms with Crippen molar-refractivity contribution in [2.24, 2.45) is 0 Å². The Morgan fingerprint density at radius 3 is 2.68 bits per heavy atom. The maximum Gasteiger partial charge on any atom is 0.239 e. The molecule has 0 saturated carbocycles. The summed E-state index contributed by atoms with van der Waals surface area (Å²) < 4.78 is 13.1. The van der Waals surface area contributed by atoms with Crippen LogP contribution in [0, 0.1) is 5.82 Å². The molecule has 5 heteroatoms. The molecule has 3 nitrogen and oxygen atoms in total. The number of anilines is 1. The maximum absolute atomic E-state index is 13.1. The van der Waals surface area contributed by atoms with Crippen LogP contribution in [0.25, 0.3) is 0 Å². The first-order chi connectivity index (χ1) is 10.6. The molecular weight excluding hydrogens is 303 g/mol. The van der Waals surface area contributed by atoms with Gasteiger partial charge in [-0.25, -0.2) is 4.39 Å². The first kappa shape index (κ1) is 16.3. The predicted octanol–water partition coefficient (Wildman–Crippen LogP) is 3.64. The lowest BCUT2D eigenvalue weighted by atomic mass is 10.1. The number of halogens is 2. The van der Waals surface area contributed by atoms with Crippen molar-refractivity contribution in [2.75, 3.05) is 18.4 Å². The van der Waals surface area contributed by atoms with E-state index in [2.05, 4.69) is 22.8 Å². The number of amides is 1. The Morgan fingerprint density at radius 2 is 1.91 bits per heavy atom. The molecule has 0 atom stereocenters. The highest BCUT2D eigenvalue weighted by Crippen LogP contribution is 2.21. The van der Waals surface area contributed by atoms with Gasteiger partial charge in [-0.2, -0.15) is 0 Å². The van der Waals surface area contributed by atoms with Gasteiger partial charge in [-0.1, -0.05) is 41.9 Å². The van der Waals surface area contributed by atoms with E-state index < -0.39 is 5.82 Å². The van der Waals surface area contributed by atoms with Crippen LogP contribution < -0.4 is 10.6 Å². The number of benzene rings is 2. The number of nitrogens with one attached hydrogen (secondary N) is 2. The second-order valence-corrected chi connectivity index (χ2v) is 5.32. The van der Waals surface area contributed by atoms with E-state index in [1.807, 2.05) is 18.2 Å². The molecule has 2 aromatic rings. The van der Waals surface area contributed by atoms with Crippen LogP contribution in [0.1, 0.15) is 12.0 Å². The molecule has 0 unspecified atom stereocenters. The SMILES string of the molecule is O=C(CNc1cc(F)ccc1Cl)NCCCc1ccccc1. The lowest BCUT2D eigenvalue weighted by Crippen LogP contribution is -2.30. The van der Waals surface area contributed by atoms with Gasteiger partial charge >= 0.3 is 0 Å². The van der Waals surface area contributed by atoms with Gasteiger partial charge in [0.05, 0.1) is 17.3 Å². The Hall–Kier alpha value is -2.07. The summed E-state index contributed by atoms with van der Waals surface area (Å²) >= 11 is 5.91. The van der Waals surface area contributed by atoms with Crippen LogP contribution in [-0.2, 0) is 11.2 Å². The molecule has 0 aliphatic heterocycles. The quantitative estimate of drug-likeness (QED) is 0.765. The molecule has 1 amide bonds. The summed E-state index contributed by atoms with van der Waals surface area (Å²) in [6.07, 6.45) is 1.79. The van der Waals surface area contributed by atoms with E-state index in [0.29, 0.717) is 17.3 Å². The van der Waals surface area contributed by atoms with Crippen molar-refractivity contribution in [2.45, 2.75) is 12.8 Å². The molecule has 116 valence electrons. The number of aryl methyl sites for hydroxylation is 1. The van der Waals surface area contributed by atoms with Crippen molar-refractivity contribution in [1.82, 2.24) is 5.32 Å². The summed E-state index contributed by atoms with van der Waals surface area (Å²) in [6, 6.07) is 14.1. The molecule has 0 fully saturated rings. The van der Waals surface area contributed by atoms with E-state index in [-0.39, 0.29) is 12.5 Å². The van der Waals surface area contributed by atoms with Gasteiger partial charge in [0.1, 0.15) is 5.82 Å². The number of carbonyl (C=O) groups is 1. The fraction of sp³-hybridized carbons (Fsp3) is 0.235. The van der Waals surface area contributed by atoms with Crippen LogP contribution in [0.4, 0.5) is 10.1 Å². The highest BCUT2D eigenvalue weighted by molar-refractivity contribution is 6.33. The lowest BCUT2D eigenvalue weighted by molar-refractivity contribution is -0.119. The van der Waals surface area contributed by atoms with Crippen LogP contribution in [0.15, 0.2) is 48.5 Å². The molecule has 0 radical (unpaired) electrons. The molecule has 0 bridgehead atoms. The predicted molar refractivity (Wildman–Crippen MR) is 87.7 cm³/mol. The first-order valence-corrected chi connectivity index (χ1v) is 7.52. The zero-order valence-electron chi connectivity index (χ0n) is 12.1. The Balaban J connectivity index is 1.67. The minimum Gasteiger partial charge on any atom is -0.375 e. The molecule has 0 aliphatic rings. The number of rotatable bonds is 7. The smallest absolute Gasteiger partial charge is 0.239 e. The van der Waals surface area contributed by atoms with Gasteiger partial charge in [-0.15, -0.1) is 0 Å². The molecule has 2 aromatic carbocycles. The molecule has 0 aliphatic carbocycles. The molecule has 2 N–H and O–H groups in total. The van der Waals surface area contributed by atoms with Gasteiger partial charge < -0.3 is 10.6 Å². The van der Waals surface area contributed by atoms with Gasteiger partial charge in [0.25, 0.3) is 0 Å². The average molecular weight is 321 g/mol. The molecule has 0 spiro atoms. The van der Waals surface area contributed by atoms with Crippen LogP contribution in [-0.4, -0.2) is 19.0 Å². The molecule has 22 heavy (non-hydrogen) atoms. The van der Waals surface area contributed by atoms with Gasteiger partial charge in [0, 0.05) is 6.54 Å². The monoisotopic (exact) mass is 320 g/mol. The largest absolute Gasteiger partial charge is 0.375 e. The van der Waals surface area contributed by atoms with Crippen molar-refractivity contribution in [3.05, 3.63) is 64.9 Å². The van der Waals surface area contributed by atoms with Crippen molar-refractivity contribution < 1.29 is 9.18 Å². The van der Waals surface area contributed by atoms with E-state index >= 15 is 0 Å².